The van der Waals surface area contributed by atoms with E-state index in [0.717, 1.165) is 40.0 Å². The number of phenols is 1. The van der Waals surface area contributed by atoms with Gasteiger partial charge in [-0.3, -0.25) is 14.6 Å². The second kappa shape index (κ2) is 8.95. The van der Waals surface area contributed by atoms with Crippen LogP contribution in [0.4, 0.5) is 5.69 Å². The summed E-state index contributed by atoms with van der Waals surface area (Å²) >= 11 is 0. The molecule has 0 aliphatic carbocycles. The SMILES string of the molecule is CCn1ncc(CN(C)C(=O)c2nc(-c3cc(N(C)C)c4cn[nH]c4c3)nc3ccc(O)cc23)c1C. The Balaban J connectivity index is 1.62. The van der Waals surface area contributed by atoms with Crippen molar-refractivity contribution in [3.63, 3.8) is 0 Å². The number of aromatic nitrogens is 6. The summed E-state index contributed by atoms with van der Waals surface area (Å²) < 4.78 is 1.90. The first-order valence-corrected chi connectivity index (χ1v) is 11.7. The monoisotopic (exact) mass is 484 g/mol. The van der Waals surface area contributed by atoms with Crippen molar-refractivity contribution in [1.29, 1.82) is 0 Å². The standard InChI is InChI=1S/C26H28N8O2/c1-6-34-15(2)17(12-28-34)14-33(5)26(36)24-19-11-18(35)7-8-21(19)29-25(30-24)16-9-22-20(13-27-31-22)23(10-16)32(3)4/h7-13,35H,6,14H2,1-5H3,(H,27,31). The quantitative estimate of drug-likeness (QED) is 0.377. The first-order chi connectivity index (χ1) is 17.3. The molecule has 0 spiro atoms. The highest BCUT2D eigenvalue weighted by Crippen LogP contribution is 2.32. The zero-order valence-electron chi connectivity index (χ0n) is 20.9. The van der Waals surface area contributed by atoms with Gasteiger partial charge in [0.05, 0.1) is 23.4 Å². The minimum absolute atomic E-state index is 0.0457. The van der Waals surface area contributed by atoms with Crippen LogP contribution in [0.1, 0.15) is 28.7 Å². The van der Waals surface area contributed by atoms with Crippen molar-refractivity contribution in [3.8, 4) is 17.1 Å². The Morgan fingerprint density at radius 3 is 2.61 bits per heavy atom. The Labute approximate surface area is 208 Å². The summed E-state index contributed by atoms with van der Waals surface area (Å²) in [5.41, 5.74) is 5.34. The Bertz CT molecular complexity index is 1600. The van der Waals surface area contributed by atoms with E-state index in [1.807, 2.05) is 49.7 Å². The number of aryl methyl sites for hydroxylation is 1. The number of aromatic amines is 1. The molecule has 0 atom stereocenters. The van der Waals surface area contributed by atoms with Gasteiger partial charge in [0, 0.05) is 67.5 Å². The third kappa shape index (κ3) is 4.00. The van der Waals surface area contributed by atoms with Crippen molar-refractivity contribution in [1.82, 2.24) is 34.8 Å². The Morgan fingerprint density at radius 1 is 1.08 bits per heavy atom. The van der Waals surface area contributed by atoms with Gasteiger partial charge in [-0.05, 0) is 44.2 Å². The number of amides is 1. The molecular formula is C26H28N8O2. The molecule has 0 saturated carbocycles. The molecule has 1 amide bonds. The third-order valence-electron chi connectivity index (χ3n) is 6.42. The van der Waals surface area contributed by atoms with E-state index in [4.69, 9.17) is 9.97 Å². The molecule has 10 heteroatoms. The molecule has 2 aromatic carbocycles. The lowest BCUT2D eigenvalue weighted by Crippen LogP contribution is -2.27. The van der Waals surface area contributed by atoms with Crippen molar-refractivity contribution in [2.24, 2.45) is 0 Å². The Morgan fingerprint density at radius 2 is 1.89 bits per heavy atom. The predicted molar refractivity (Wildman–Crippen MR) is 139 cm³/mol. The molecule has 0 fully saturated rings. The van der Waals surface area contributed by atoms with Gasteiger partial charge < -0.3 is 14.9 Å². The molecule has 3 aromatic heterocycles. The number of nitrogens with one attached hydrogen (secondary N) is 1. The minimum atomic E-state index is -0.270. The highest BCUT2D eigenvalue weighted by molar-refractivity contribution is 6.05. The molecule has 0 radical (unpaired) electrons. The maximum atomic E-state index is 13.7. The van der Waals surface area contributed by atoms with Crippen molar-refractivity contribution in [3.05, 3.63) is 59.7 Å². The molecule has 0 unspecified atom stereocenters. The molecule has 0 saturated heterocycles. The fourth-order valence-corrected chi connectivity index (χ4v) is 4.41. The fourth-order valence-electron chi connectivity index (χ4n) is 4.41. The van der Waals surface area contributed by atoms with E-state index < -0.39 is 0 Å². The summed E-state index contributed by atoms with van der Waals surface area (Å²) in [6.45, 7) is 5.17. The summed E-state index contributed by atoms with van der Waals surface area (Å²) in [7, 11) is 5.66. The average Bonchev–Trinajstić information content (AvgIpc) is 3.48. The van der Waals surface area contributed by atoms with Crippen LogP contribution in [0.2, 0.25) is 0 Å². The van der Waals surface area contributed by atoms with Gasteiger partial charge in [0.25, 0.3) is 5.91 Å². The lowest BCUT2D eigenvalue weighted by molar-refractivity contribution is 0.0781. The number of fused-ring (bicyclic) bond motifs is 2. The van der Waals surface area contributed by atoms with E-state index in [1.165, 1.54) is 6.07 Å². The third-order valence-corrected chi connectivity index (χ3v) is 6.42. The van der Waals surface area contributed by atoms with Crippen molar-refractivity contribution < 1.29 is 9.90 Å². The van der Waals surface area contributed by atoms with E-state index in [0.29, 0.717) is 23.3 Å². The van der Waals surface area contributed by atoms with Crippen molar-refractivity contribution >= 4 is 33.4 Å². The summed E-state index contributed by atoms with van der Waals surface area (Å²) in [6.07, 6.45) is 3.57. The molecule has 5 rings (SSSR count). The number of hydrogen-bond donors (Lipinski definition) is 2. The number of H-pyrrole nitrogens is 1. The van der Waals surface area contributed by atoms with Crippen LogP contribution in [-0.2, 0) is 13.1 Å². The molecule has 3 heterocycles. The number of rotatable bonds is 6. The van der Waals surface area contributed by atoms with E-state index >= 15 is 0 Å². The average molecular weight is 485 g/mol. The summed E-state index contributed by atoms with van der Waals surface area (Å²) in [4.78, 5) is 26.8. The van der Waals surface area contributed by atoms with Crippen LogP contribution in [0, 0.1) is 6.92 Å². The highest BCUT2D eigenvalue weighted by atomic mass is 16.3. The smallest absolute Gasteiger partial charge is 0.273 e. The van der Waals surface area contributed by atoms with Crippen LogP contribution in [-0.4, -0.2) is 67.0 Å². The fraction of sp³-hybridized carbons (Fsp3) is 0.269. The number of benzene rings is 2. The molecule has 10 nitrogen and oxygen atoms in total. The molecule has 0 aliphatic heterocycles. The number of hydrogen-bond acceptors (Lipinski definition) is 7. The van der Waals surface area contributed by atoms with Crippen LogP contribution in [0.3, 0.4) is 0 Å². The van der Waals surface area contributed by atoms with Gasteiger partial charge in [0.1, 0.15) is 11.4 Å². The lowest BCUT2D eigenvalue weighted by atomic mass is 10.1. The van der Waals surface area contributed by atoms with E-state index in [-0.39, 0.29) is 17.4 Å². The van der Waals surface area contributed by atoms with Gasteiger partial charge in [-0.25, -0.2) is 9.97 Å². The first kappa shape index (κ1) is 23.3. The topological polar surface area (TPSA) is 116 Å². The minimum Gasteiger partial charge on any atom is -0.508 e. The van der Waals surface area contributed by atoms with E-state index in [9.17, 15) is 9.90 Å². The molecule has 0 aliphatic rings. The zero-order valence-corrected chi connectivity index (χ0v) is 20.9. The normalized spacial score (nSPS) is 11.4. The summed E-state index contributed by atoms with van der Waals surface area (Å²) in [5, 5.41) is 23.2. The number of carbonyl (C=O) groups excluding carboxylic acids is 1. The van der Waals surface area contributed by atoms with Crippen molar-refractivity contribution in [2.75, 3.05) is 26.0 Å². The Kier molecular flexibility index (Phi) is 5.79. The number of aromatic hydroxyl groups is 1. The molecule has 184 valence electrons. The van der Waals surface area contributed by atoms with Crippen molar-refractivity contribution in [2.45, 2.75) is 26.9 Å². The molecule has 2 N–H and O–H groups in total. The van der Waals surface area contributed by atoms with Gasteiger partial charge >= 0.3 is 0 Å². The summed E-state index contributed by atoms with van der Waals surface area (Å²) in [5.74, 6) is 0.192. The van der Waals surface area contributed by atoms with Gasteiger partial charge in [0.15, 0.2) is 5.82 Å². The van der Waals surface area contributed by atoms with Crippen LogP contribution >= 0.6 is 0 Å². The molecular weight excluding hydrogens is 456 g/mol. The molecule has 36 heavy (non-hydrogen) atoms. The number of carbonyl (C=O) groups is 1. The van der Waals surface area contributed by atoms with Crippen LogP contribution in [0.5, 0.6) is 5.75 Å². The zero-order chi connectivity index (χ0) is 25.6. The first-order valence-electron chi connectivity index (χ1n) is 11.7. The Hall–Kier alpha value is -4.47. The maximum absolute atomic E-state index is 13.7. The highest BCUT2D eigenvalue weighted by Gasteiger charge is 2.22. The number of nitrogens with zero attached hydrogens (tertiary/aromatic N) is 7. The number of phenolic OH excluding ortho intramolecular Hbond substituents is 1. The number of anilines is 1. The molecule has 0 bridgehead atoms. The predicted octanol–water partition coefficient (Wildman–Crippen LogP) is 3.74. The van der Waals surface area contributed by atoms with E-state index in [2.05, 4.69) is 15.3 Å². The van der Waals surface area contributed by atoms with Gasteiger partial charge in [-0.15, -0.1) is 0 Å². The maximum Gasteiger partial charge on any atom is 0.273 e. The summed E-state index contributed by atoms with van der Waals surface area (Å²) in [6, 6.07) is 8.70. The van der Waals surface area contributed by atoms with Crippen LogP contribution < -0.4 is 4.90 Å². The van der Waals surface area contributed by atoms with Gasteiger partial charge in [-0.2, -0.15) is 10.2 Å². The van der Waals surface area contributed by atoms with Crippen LogP contribution in [0.15, 0.2) is 42.7 Å². The largest absolute Gasteiger partial charge is 0.508 e. The van der Waals surface area contributed by atoms with Gasteiger partial charge in [0.2, 0.25) is 0 Å². The van der Waals surface area contributed by atoms with Crippen LogP contribution in [0.25, 0.3) is 33.2 Å². The van der Waals surface area contributed by atoms with Gasteiger partial charge in [-0.1, -0.05) is 0 Å². The second-order valence-electron chi connectivity index (χ2n) is 9.05. The second-order valence-corrected chi connectivity index (χ2v) is 9.05. The lowest BCUT2D eigenvalue weighted by Gasteiger charge is -2.19. The van der Waals surface area contributed by atoms with E-state index in [1.54, 1.807) is 36.5 Å². The molecule has 5 aromatic rings.